The van der Waals surface area contributed by atoms with Crippen LogP contribution >= 0.6 is 7.60 Å². The topological polar surface area (TPSA) is 63.6 Å². The molecule has 1 atom stereocenters. The van der Waals surface area contributed by atoms with Crippen molar-refractivity contribution < 1.29 is 23.2 Å². The van der Waals surface area contributed by atoms with Crippen LogP contribution in [0.25, 0.3) is 0 Å². The third-order valence-corrected chi connectivity index (χ3v) is 2.98. The second-order valence-electron chi connectivity index (χ2n) is 2.47. The van der Waals surface area contributed by atoms with Gasteiger partial charge in [-0.3, -0.25) is 13.9 Å². The van der Waals surface area contributed by atoms with Gasteiger partial charge in [0.05, 0.1) is 5.30 Å². The van der Waals surface area contributed by atoms with E-state index < -0.39 is 14.5 Å². The number of hydrogen-bond acceptors (Lipinski definition) is 3. The smallest absolute Gasteiger partial charge is 0.321 e. The monoisotopic (exact) mass is 218 g/mol. The van der Waals surface area contributed by atoms with Crippen LogP contribution in [0.5, 0.6) is 0 Å². The Bertz CT molecular complexity index is 362. The first-order valence-corrected chi connectivity index (χ1v) is 5.27. The molecule has 1 rings (SSSR count). The Balaban J connectivity index is 2.96. The molecule has 0 saturated carbocycles. The Labute approximate surface area is 79.9 Å². The van der Waals surface area contributed by atoms with Gasteiger partial charge in [-0.25, -0.2) is 4.39 Å². The minimum Gasteiger partial charge on any atom is -0.321 e. The maximum absolute atomic E-state index is 11.7. The Kier molecular flexibility index (Phi) is 3.52. The molecule has 0 aromatic heterocycles. The van der Waals surface area contributed by atoms with Crippen LogP contribution in [-0.2, 0) is 9.09 Å². The highest BCUT2D eigenvalue weighted by Crippen LogP contribution is 2.40. The summed E-state index contributed by atoms with van der Waals surface area (Å²) in [7, 11) is -4.07. The number of rotatable bonds is 4. The number of benzene rings is 1. The first-order chi connectivity index (χ1) is 6.60. The van der Waals surface area contributed by atoms with Crippen molar-refractivity contribution in [1.82, 2.24) is 0 Å². The van der Waals surface area contributed by atoms with Gasteiger partial charge in [0.25, 0.3) is 0 Å². The van der Waals surface area contributed by atoms with Gasteiger partial charge < -0.3 is 4.89 Å². The molecule has 0 aliphatic heterocycles. The van der Waals surface area contributed by atoms with Gasteiger partial charge in [0.15, 0.2) is 6.86 Å². The standard InChI is InChI=1S/C8H8FO4P/c9-6-13-14(11,12)8-3-1-7(5-10)2-4-8/h1-5H,6H2,(H,11,12). The second-order valence-corrected chi connectivity index (χ2v) is 4.28. The molecule has 0 fully saturated rings. The van der Waals surface area contributed by atoms with Gasteiger partial charge in [-0.15, -0.1) is 0 Å². The molecule has 0 aliphatic carbocycles. The van der Waals surface area contributed by atoms with E-state index in [0.717, 1.165) is 0 Å². The van der Waals surface area contributed by atoms with Crippen molar-refractivity contribution in [2.45, 2.75) is 0 Å². The Morgan fingerprint density at radius 2 is 2.00 bits per heavy atom. The maximum Gasteiger partial charge on any atom is 0.361 e. The number of carbonyl (C=O) groups excluding carboxylic acids is 1. The van der Waals surface area contributed by atoms with Crippen LogP contribution < -0.4 is 5.30 Å². The van der Waals surface area contributed by atoms with Crippen molar-refractivity contribution >= 4 is 19.2 Å². The molecule has 0 amide bonds. The first-order valence-electron chi connectivity index (χ1n) is 3.69. The summed E-state index contributed by atoms with van der Waals surface area (Å²) in [6.45, 7) is -1.33. The Morgan fingerprint density at radius 3 is 2.43 bits per heavy atom. The van der Waals surface area contributed by atoms with Gasteiger partial charge in [-0.1, -0.05) is 12.1 Å². The molecule has 0 heterocycles. The molecule has 1 aromatic rings. The lowest BCUT2D eigenvalue weighted by Gasteiger charge is -2.08. The normalized spacial score (nSPS) is 14.7. The summed E-state index contributed by atoms with van der Waals surface area (Å²) in [5, 5.41) is -0.0410. The van der Waals surface area contributed by atoms with E-state index in [9.17, 15) is 13.8 Å². The van der Waals surface area contributed by atoms with Crippen LogP contribution in [0.3, 0.4) is 0 Å². The molecule has 6 heteroatoms. The Hall–Kier alpha value is -1.03. The van der Waals surface area contributed by atoms with E-state index in [1.165, 1.54) is 24.3 Å². The number of halogens is 1. The van der Waals surface area contributed by atoms with E-state index in [0.29, 0.717) is 11.8 Å². The average Bonchev–Trinajstić information content (AvgIpc) is 2.18. The zero-order chi connectivity index (χ0) is 10.6. The fourth-order valence-electron chi connectivity index (χ4n) is 0.882. The molecule has 0 aliphatic rings. The largest absolute Gasteiger partial charge is 0.361 e. The predicted octanol–water partition coefficient (Wildman–Crippen LogP) is 1.25. The molecule has 1 N–H and O–H groups in total. The van der Waals surface area contributed by atoms with E-state index in [2.05, 4.69) is 4.52 Å². The molecular formula is C8H8FO4P. The molecule has 0 saturated heterocycles. The summed E-state index contributed by atoms with van der Waals surface area (Å²) in [5.74, 6) is 0. The molecule has 1 aromatic carbocycles. The van der Waals surface area contributed by atoms with E-state index in [4.69, 9.17) is 4.89 Å². The van der Waals surface area contributed by atoms with Crippen molar-refractivity contribution in [2.75, 3.05) is 6.86 Å². The third kappa shape index (κ3) is 2.48. The first kappa shape index (κ1) is 11.0. The van der Waals surface area contributed by atoms with Crippen molar-refractivity contribution in [2.24, 2.45) is 0 Å². The third-order valence-electron chi connectivity index (χ3n) is 1.58. The quantitative estimate of drug-likeness (QED) is 0.610. The minimum atomic E-state index is -4.07. The highest BCUT2D eigenvalue weighted by atomic mass is 31.2. The molecule has 1 unspecified atom stereocenters. The molecule has 4 nitrogen and oxygen atoms in total. The maximum atomic E-state index is 11.7. The second kappa shape index (κ2) is 4.46. The van der Waals surface area contributed by atoms with Gasteiger partial charge in [-0.05, 0) is 12.1 Å². The fourth-order valence-corrected chi connectivity index (χ4v) is 1.69. The van der Waals surface area contributed by atoms with E-state index in [1.54, 1.807) is 0 Å². The van der Waals surface area contributed by atoms with Gasteiger partial charge in [0.1, 0.15) is 6.29 Å². The minimum absolute atomic E-state index is 0.0410. The molecule has 0 radical (unpaired) electrons. The summed E-state index contributed by atoms with van der Waals surface area (Å²) in [5.41, 5.74) is 0.369. The summed E-state index contributed by atoms with van der Waals surface area (Å²) in [6.07, 6.45) is 0.599. The van der Waals surface area contributed by atoms with Crippen LogP contribution in [0.4, 0.5) is 4.39 Å². The van der Waals surface area contributed by atoms with Crippen LogP contribution in [0.2, 0.25) is 0 Å². The lowest BCUT2D eigenvalue weighted by atomic mass is 10.2. The average molecular weight is 218 g/mol. The van der Waals surface area contributed by atoms with Crippen molar-refractivity contribution in [1.29, 1.82) is 0 Å². The zero-order valence-electron chi connectivity index (χ0n) is 7.09. The summed E-state index contributed by atoms with van der Waals surface area (Å²) < 4.78 is 27.0. The molecule has 0 spiro atoms. The Morgan fingerprint density at radius 1 is 1.43 bits per heavy atom. The molecule has 0 bridgehead atoms. The van der Waals surface area contributed by atoms with Gasteiger partial charge in [-0.2, -0.15) is 0 Å². The van der Waals surface area contributed by atoms with Crippen LogP contribution in [-0.4, -0.2) is 18.0 Å². The highest BCUT2D eigenvalue weighted by molar-refractivity contribution is 7.61. The van der Waals surface area contributed by atoms with Gasteiger partial charge in [0, 0.05) is 5.56 Å². The lowest BCUT2D eigenvalue weighted by Crippen LogP contribution is -2.06. The van der Waals surface area contributed by atoms with E-state index in [1.807, 2.05) is 0 Å². The summed E-state index contributed by atoms with van der Waals surface area (Å²) in [4.78, 5) is 19.4. The number of alkyl halides is 1. The number of aldehydes is 1. The molecular weight excluding hydrogens is 210 g/mol. The SMILES string of the molecule is O=Cc1ccc(P(=O)(O)OCF)cc1. The van der Waals surface area contributed by atoms with Gasteiger partial charge >= 0.3 is 7.60 Å². The summed E-state index contributed by atoms with van der Waals surface area (Å²) in [6, 6.07) is 5.21. The van der Waals surface area contributed by atoms with Crippen molar-refractivity contribution in [3.63, 3.8) is 0 Å². The highest BCUT2D eigenvalue weighted by Gasteiger charge is 2.22. The van der Waals surface area contributed by atoms with Gasteiger partial charge in [0.2, 0.25) is 0 Å². The van der Waals surface area contributed by atoms with E-state index >= 15 is 0 Å². The molecule has 14 heavy (non-hydrogen) atoms. The van der Waals surface area contributed by atoms with Crippen LogP contribution in [0.15, 0.2) is 24.3 Å². The van der Waals surface area contributed by atoms with Crippen molar-refractivity contribution in [3.05, 3.63) is 29.8 Å². The predicted molar refractivity (Wildman–Crippen MR) is 48.3 cm³/mol. The number of hydrogen-bond donors (Lipinski definition) is 1. The van der Waals surface area contributed by atoms with Crippen LogP contribution in [0, 0.1) is 0 Å². The van der Waals surface area contributed by atoms with Crippen molar-refractivity contribution in [3.8, 4) is 0 Å². The number of carbonyl (C=O) groups is 1. The zero-order valence-corrected chi connectivity index (χ0v) is 7.99. The van der Waals surface area contributed by atoms with E-state index in [-0.39, 0.29) is 5.30 Å². The van der Waals surface area contributed by atoms with Crippen LogP contribution in [0.1, 0.15) is 10.4 Å². The summed E-state index contributed by atoms with van der Waals surface area (Å²) >= 11 is 0. The fraction of sp³-hybridized carbons (Fsp3) is 0.125. The lowest BCUT2D eigenvalue weighted by molar-refractivity contribution is 0.112. The molecule has 76 valence electrons.